The van der Waals surface area contributed by atoms with Gasteiger partial charge in [0, 0.05) is 24.4 Å². The Morgan fingerprint density at radius 1 is 1.35 bits per heavy atom. The molecule has 96 valence electrons. The van der Waals surface area contributed by atoms with Crippen molar-refractivity contribution >= 4 is 11.3 Å². The van der Waals surface area contributed by atoms with Crippen LogP contribution in [0.25, 0.3) is 0 Å². The molecular formula is C14H24N2S. The van der Waals surface area contributed by atoms with Crippen LogP contribution in [-0.4, -0.2) is 17.6 Å². The van der Waals surface area contributed by atoms with Gasteiger partial charge in [0.15, 0.2) is 0 Å². The van der Waals surface area contributed by atoms with Gasteiger partial charge in [-0.3, -0.25) is 0 Å². The molecule has 1 heterocycles. The molecule has 2 atom stereocenters. The summed E-state index contributed by atoms with van der Waals surface area (Å²) in [6.45, 7) is 5.55. The van der Waals surface area contributed by atoms with E-state index in [1.807, 2.05) is 0 Å². The van der Waals surface area contributed by atoms with Gasteiger partial charge in [0.1, 0.15) is 0 Å². The fourth-order valence-electron chi connectivity index (χ4n) is 2.62. The summed E-state index contributed by atoms with van der Waals surface area (Å²) in [5.41, 5.74) is 1.25. The van der Waals surface area contributed by atoms with E-state index in [1.54, 1.807) is 11.3 Å². The lowest BCUT2D eigenvalue weighted by Crippen LogP contribution is -2.30. The van der Waals surface area contributed by atoms with Crippen LogP contribution in [0.3, 0.4) is 0 Å². The lowest BCUT2D eigenvalue weighted by Gasteiger charge is -2.15. The van der Waals surface area contributed by atoms with Gasteiger partial charge in [0.05, 0.1) is 10.7 Å². The second-order valence-electron chi connectivity index (χ2n) is 5.37. The van der Waals surface area contributed by atoms with E-state index in [1.165, 1.54) is 42.8 Å². The van der Waals surface area contributed by atoms with Crippen LogP contribution in [0.1, 0.15) is 49.7 Å². The molecule has 0 aliphatic heterocycles. The molecule has 0 saturated heterocycles. The summed E-state index contributed by atoms with van der Waals surface area (Å²) < 4.78 is 0. The van der Waals surface area contributed by atoms with Crippen molar-refractivity contribution in [2.45, 2.75) is 58.4 Å². The van der Waals surface area contributed by atoms with Gasteiger partial charge in [0.25, 0.3) is 0 Å². The molecule has 1 aromatic heterocycles. The number of nitrogens with zero attached hydrogens (tertiary/aromatic N) is 1. The van der Waals surface area contributed by atoms with E-state index >= 15 is 0 Å². The molecule has 1 aliphatic carbocycles. The van der Waals surface area contributed by atoms with Crippen molar-refractivity contribution < 1.29 is 0 Å². The van der Waals surface area contributed by atoms with E-state index in [0.717, 1.165) is 24.9 Å². The zero-order valence-electron chi connectivity index (χ0n) is 11.0. The first-order valence-electron chi connectivity index (χ1n) is 6.88. The number of nitrogens with one attached hydrogen (secondary N) is 1. The summed E-state index contributed by atoms with van der Waals surface area (Å²) in [6.07, 6.45) is 8.01. The Bertz CT molecular complexity index is 335. The van der Waals surface area contributed by atoms with E-state index in [0.29, 0.717) is 0 Å². The molecule has 1 N–H and O–H groups in total. The first-order valence-corrected chi connectivity index (χ1v) is 7.76. The molecule has 0 bridgehead atoms. The smallest absolute Gasteiger partial charge is 0.0897 e. The normalized spacial score (nSPS) is 25.8. The predicted octanol–water partition coefficient (Wildman–Crippen LogP) is 3.55. The van der Waals surface area contributed by atoms with Gasteiger partial charge in [-0.25, -0.2) is 4.98 Å². The highest BCUT2D eigenvalue weighted by atomic mass is 32.1. The van der Waals surface area contributed by atoms with E-state index in [2.05, 4.69) is 29.5 Å². The van der Waals surface area contributed by atoms with Crippen LogP contribution in [0.2, 0.25) is 0 Å². The van der Waals surface area contributed by atoms with Crippen LogP contribution in [0.15, 0.2) is 5.38 Å². The van der Waals surface area contributed by atoms with Gasteiger partial charge < -0.3 is 5.32 Å². The van der Waals surface area contributed by atoms with Crippen molar-refractivity contribution in [1.82, 2.24) is 10.3 Å². The van der Waals surface area contributed by atoms with Crippen molar-refractivity contribution in [2.24, 2.45) is 5.92 Å². The van der Waals surface area contributed by atoms with Crippen molar-refractivity contribution in [3.05, 3.63) is 16.1 Å². The van der Waals surface area contributed by atoms with Crippen LogP contribution >= 0.6 is 11.3 Å². The summed E-state index contributed by atoms with van der Waals surface area (Å²) in [4.78, 5) is 4.50. The second-order valence-corrected chi connectivity index (χ2v) is 6.43. The molecule has 0 radical (unpaired) electrons. The highest BCUT2D eigenvalue weighted by Gasteiger charge is 2.15. The van der Waals surface area contributed by atoms with Crippen LogP contribution in [0.5, 0.6) is 0 Å². The molecule has 1 fully saturated rings. The Balaban J connectivity index is 1.67. The van der Waals surface area contributed by atoms with Gasteiger partial charge in [-0.05, 0) is 32.1 Å². The van der Waals surface area contributed by atoms with Crippen LogP contribution in [-0.2, 0) is 6.42 Å². The van der Waals surface area contributed by atoms with E-state index in [9.17, 15) is 0 Å². The SMILES string of the molecule is Cc1nc(CCNC2CCCC(C)CC2)cs1. The number of aryl methyl sites for hydroxylation is 1. The number of hydrogen-bond acceptors (Lipinski definition) is 3. The summed E-state index contributed by atoms with van der Waals surface area (Å²) in [7, 11) is 0. The highest BCUT2D eigenvalue weighted by Crippen LogP contribution is 2.22. The lowest BCUT2D eigenvalue weighted by molar-refractivity contribution is 0.450. The Labute approximate surface area is 109 Å². The average molecular weight is 252 g/mol. The quantitative estimate of drug-likeness (QED) is 0.829. The minimum atomic E-state index is 0.750. The molecule has 3 heteroatoms. The van der Waals surface area contributed by atoms with Gasteiger partial charge in [-0.2, -0.15) is 0 Å². The number of thiazole rings is 1. The molecule has 2 unspecified atom stereocenters. The summed E-state index contributed by atoms with van der Waals surface area (Å²) >= 11 is 1.76. The monoisotopic (exact) mass is 252 g/mol. The zero-order chi connectivity index (χ0) is 12.1. The van der Waals surface area contributed by atoms with Crippen LogP contribution in [0, 0.1) is 12.8 Å². The summed E-state index contributed by atoms with van der Waals surface area (Å²) in [5, 5.41) is 7.07. The van der Waals surface area contributed by atoms with Crippen molar-refractivity contribution in [2.75, 3.05) is 6.54 Å². The fourth-order valence-corrected chi connectivity index (χ4v) is 3.27. The zero-order valence-corrected chi connectivity index (χ0v) is 11.9. The molecule has 1 aromatic rings. The first-order chi connectivity index (χ1) is 8.24. The molecular weight excluding hydrogens is 228 g/mol. The molecule has 0 aromatic carbocycles. The third-order valence-corrected chi connectivity index (χ3v) is 4.56. The summed E-state index contributed by atoms with van der Waals surface area (Å²) in [6, 6.07) is 0.750. The number of aromatic nitrogens is 1. The molecule has 2 nitrogen and oxygen atoms in total. The van der Waals surface area contributed by atoms with E-state index in [4.69, 9.17) is 0 Å². The van der Waals surface area contributed by atoms with Gasteiger partial charge in [0.2, 0.25) is 0 Å². The molecule has 1 aliphatic rings. The van der Waals surface area contributed by atoms with Crippen LogP contribution < -0.4 is 5.32 Å². The molecule has 1 saturated carbocycles. The Kier molecular flexibility index (Phi) is 4.99. The minimum absolute atomic E-state index is 0.750. The molecule has 17 heavy (non-hydrogen) atoms. The standard InChI is InChI=1S/C14H24N2S/c1-11-4-3-5-13(7-6-11)15-9-8-14-10-17-12(2)16-14/h10-11,13,15H,3-9H2,1-2H3. The Morgan fingerprint density at radius 3 is 3.00 bits per heavy atom. The predicted molar refractivity (Wildman–Crippen MR) is 74.6 cm³/mol. The van der Waals surface area contributed by atoms with Gasteiger partial charge in [-0.15, -0.1) is 11.3 Å². The maximum atomic E-state index is 4.50. The van der Waals surface area contributed by atoms with E-state index in [-0.39, 0.29) is 0 Å². The lowest BCUT2D eigenvalue weighted by atomic mass is 10.0. The number of hydrogen-bond donors (Lipinski definition) is 1. The molecule has 0 spiro atoms. The first kappa shape index (κ1) is 13.0. The maximum absolute atomic E-state index is 4.50. The topological polar surface area (TPSA) is 24.9 Å². The Morgan fingerprint density at radius 2 is 2.24 bits per heavy atom. The second kappa shape index (κ2) is 6.50. The summed E-state index contributed by atoms with van der Waals surface area (Å²) in [5.74, 6) is 0.933. The Hall–Kier alpha value is -0.410. The average Bonchev–Trinajstić information content (AvgIpc) is 2.59. The largest absolute Gasteiger partial charge is 0.314 e. The highest BCUT2D eigenvalue weighted by molar-refractivity contribution is 7.09. The van der Waals surface area contributed by atoms with E-state index < -0.39 is 0 Å². The molecule has 0 amide bonds. The van der Waals surface area contributed by atoms with Crippen LogP contribution in [0.4, 0.5) is 0 Å². The van der Waals surface area contributed by atoms with Crippen molar-refractivity contribution in [3.63, 3.8) is 0 Å². The molecule has 2 rings (SSSR count). The number of rotatable bonds is 4. The van der Waals surface area contributed by atoms with Crippen molar-refractivity contribution in [1.29, 1.82) is 0 Å². The van der Waals surface area contributed by atoms with Gasteiger partial charge in [-0.1, -0.05) is 19.8 Å². The minimum Gasteiger partial charge on any atom is -0.314 e. The van der Waals surface area contributed by atoms with Crippen molar-refractivity contribution in [3.8, 4) is 0 Å². The fraction of sp³-hybridized carbons (Fsp3) is 0.786. The maximum Gasteiger partial charge on any atom is 0.0897 e. The van der Waals surface area contributed by atoms with Gasteiger partial charge >= 0.3 is 0 Å². The third kappa shape index (κ3) is 4.40. The third-order valence-electron chi connectivity index (χ3n) is 3.74.